The van der Waals surface area contributed by atoms with Gasteiger partial charge in [0.25, 0.3) is 0 Å². The van der Waals surface area contributed by atoms with E-state index in [1.54, 1.807) is 6.08 Å². The molecule has 0 saturated heterocycles. The van der Waals surface area contributed by atoms with Crippen molar-refractivity contribution in [2.24, 2.45) is 0 Å². The number of hydrogen-bond donors (Lipinski definition) is 1. The van der Waals surface area contributed by atoms with E-state index >= 15 is 0 Å². The molecule has 0 fully saturated rings. The van der Waals surface area contributed by atoms with Crippen LogP contribution in [0.3, 0.4) is 0 Å². The molecule has 0 heterocycles. The normalized spacial score (nSPS) is 11.8. The zero-order chi connectivity index (χ0) is 12.9. The second-order valence-electron chi connectivity index (χ2n) is 5.13. The molecular formula is C15H21NO. The summed E-state index contributed by atoms with van der Waals surface area (Å²) in [7, 11) is 0. The van der Waals surface area contributed by atoms with Gasteiger partial charge in [-0.05, 0) is 35.6 Å². The number of hydrogen-bond acceptors (Lipinski definition) is 1. The molecule has 0 bridgehead atoms. The van der Waals surface area contributed by atoms with Gasteiger partial charge in [-0.2, -0.15) is 0 Å². The third-order valence-corrected chi connectivity index (χ3v) is 2.50. The van der Waals surface area contributed by atoms with Gasteiger partial charge in [0.1, 0.15) is 0 Å². The van der Waals surface area contributed by atoms with E-state index in [1.165, 1.54) is 5.56 Å². The van der Waals surface area contributed by atoms with Crippen molar-refractivity contribution >= 4 is 11.6 Å². The van der Waals surface area contributed by atoms with Gasteiger partial charge in [0, 0.05) is 5.69 Å². The Hall–Kier alpha value is -1.57. The molecule has 0 aliphatic carbocycles. The highest BCUT2D eigenvalue weighted by atomic mass is 16.1. The maximum absolute atomic E-state index is 11.5. The minimum absolute atomic E-state index is 0.0714. The van der Waals surface area contributed by atoms with Crippen molar-refractivity contribution < 1.29 is 4.79 Å². The van der Waals surface area contributed by atoms with Crippen LogP contribution in [-0.2, 0) is 10.2 Å². The van der Waals surface area contributed by atoms with Crippen molar-refractivity contribution in [2.45, 2.75) is 39.5 Å². The number of anilines is 1. The van der Waals surface area contributed by atoms with Gasteiger partial charge in [-0.15, -0.1) is 0 Å². The van der Waals surface area contributed by atoms with E-state index in [1.807, 2.05) is 31.2 Å². The first kappa shape index (κ1) is 13.5. The average molecular weight is 231 g/mol. The maximum atomic E-state index is 11.5. The van der Waals surface area contributed by atoms with Crippen molar-refractivity contribution in [2.75, 3.05) is 5.32 Å². The molecule has 2 nitrogen and oxygen atoms in total. The van der Waals surface area contributed by atoms with Crippen LogP contribution in [0.2, 0.25) is 0 Å². The van der Waals surface area contributed by atoms with Crippen LogP contribution in [0.25, 0.3) is 0 Å². The smallest absolute Gasteiger partial charge is 0.248 e. The Labute approximate surface area is 104 Å². The predicted octanol–water partition coefficient (Wildman–Crippen LogP) is 3.89. The van der Waals surface area contributed by atoms with E-state index in [-0.39, 0.29) is 11.3 Å². The molecule has 0 spiro atoms. The monoisotopic (exact) mass is 231 g/mol. The van der Waals surface area contributed by atoms with Gasteiger partial charge in [0.15, 0.2) is 0 Å². The lowest BCUT2D eigenvalue weighted by Crippen LogP contribution is -2.13. The molecule has 1 aromatic rings. The molecule has 0 atom stereocenters. The predicted molar refractivity (Wildman–Crippen MR) is 73.2 cm³/mol. The molecule has 0 saturated carbocycles. The molecule has 92 valence electrons. The molecular weight excluding hydrogens is 210 g/mol. The second-order valence-corrected chi connectivity index (χ2v) is 5.13. The summed E-state index contributed by atoms with van der Waals surface area (Å²) >= 11 is 0. The van der Waals surface area contributed by atoms with Crippen LogP contribution in [0, 0.1) is 0 Å². The largest absolute Gasteiger partial charge is 0.323 e. The summed E-state index contributed by atoms with van der Waals surface area (Å²) in [5.41, 5.74) is 2.16. The Bertz CT molecular complexity index is 413. The van der Waals surface area contributed by atoms with Crippen LogP contribution in [-0.4, -0.2) is 5.91 Å². The number of allylic oxidation sites excluding steroid dienone is 1. The Morgan fingerprint density at radius 3 is 2.65 bits per heavy atom. The fraction of sp³-hybridized carbons (Fsp3) is 0.400. The Kier molecular flexibility index (Phi) is 4.50. The van der Waals surface area contributed by atoms with E-state index < -0.39 is 0 Å². The molecule has 1 rings (SSSR count). The van der Waals surface area contributed by atoms with Crippen molar-refractivity contribution in [3.05, 3.63) is 42.0 Å². The maximum Gasteiger partial charge on any atom is 0.248 e. The van der Waals surface area contributed by atoms with Crippen LogP contribution < -0.4 is 5.32 Å². The summed E-state index contributed by atoms with van der Waals surface area (Å²) in [5, 5.41) is 2.86. The summed E-state index contributed by atoms with van der Waals surface area (Å²) in [6.45, 7) is 8.48. The van der Waals surface area contributed by atoms with Crippen LogP contribution in [0.15, 0.2) is 36.4 Å². The van der Waals surface area contributed by atoms with Crippen molar-refractivity contribution in [3.63, 3.8) is 0 Å². The lowest BCUT2D eigenvalue weighted by Gasteiger charge is -2.19. The SMILES string of the molecule is CC/C=C/C(=O)Nc1cccc(C(C)(C)C)c1. The van der Waals surface area contributed by atoms with Crippen LogP contribution in [0.5, 0.6) is 0 Å². The van der Waals surface area contributed by atoms with E-state index in [4.69, 9.17) is 0 Å². The van der Waals surface area contributed by atoms with E-state index in [0.29, 0.717) is 0 Å². The van der Waals surface area contributed by atoms with Gasteiger partial charge in [-0.25, -0.2) is 0 Å². The zero-order valence-electron chi connectivity index (χ0n) is 11.1. The molecule has 1 amide bonds. The lowest BCUT2D eigenvalue weighted by atomic mass is 9.87. The fourth-order valence-electron chi connectivity index (χ4n) is 1.47. The molecule has 1 aromatic carbocycles. The molecule has 1 N–H and O–H groups in total. The quantitative estimate of drug-likeness (QED) is 0.786. The summed E-state index contributed by atoms with van der Waals surface area (Å²) in [4.78, 5) is 11.5. The molecule has 17 heavy (non-hydrogen) atoms. The topological polar surface area (TPSA) is 29.1 Å². The number of benzene rings is 1. The van der Waals surface area contributed by atoms with Gasteiger partial charge >= 0.3 is 0 Å². The number of amides is 1. The van der Waals surface area contributed by atoms with Crippen LogP contribution in [0.4, 0.5) is 5.69 Å². The number of nitrogens with one attached hydrogen (secondary N) is 1. The first-order valence-corrected chi connectivity index (χ1v) is 6.01. The molecule has 2 heteroatoms. The van der Waals surface area contributed by atoms with Crippen molar-refractivity contribution in [3.8, 4) is 0 Å². The van der Waals surface area contributed by atoms with Gasteiger partial charge in [-0.3, -0.25) is 4.79 Å². The van der Waals surface area contributed by atoms with E-state index in [2.05, 4.69) is 32.2 Å². The third-order valence-electron chi connectivity index (χ3n) is 2.50. The first-order valence-electron chi connectivity index (χ1n) is 6.01. The van der Waals surface area contributed by atoms with Crippen LogP contribution in [0.1, 0.15) is 39.7 Å². The summed E-state index contributed by atoms with van der Waals surface area (Å²) in [6, 6.07) is 7.99. The molecule has 0 unspecified atom stereocenters. The zero-order valence-corrected chi connectivity index (χ0v) is 11.1. The van der Waals surface area contributed by atoms with Gasteiger partial charge in [0.05, 0.1) is 0 Å². The standard InChI is InChI=1S/C15H21NO/c1-5-6-10-14(17)16-13-9-7-8-12(11-13)15(2,3)4/h6-11H,5H2,1-4H3,(H,16,17)/b10-6+. The number of carbonyl (C=O) groups excluding carboxylic acids is 1. The minimum atomic E-state index is -0.0714. The van der Waals surface area contributed by atoms with Gasteiger partial charge in [-0.1, -0.05) is 45.9 Å². The van der Waals surface area contributed by atoms with Crippen LogP contribution >= 0.6 is 0 Å². The fourth-order valence-corrected chi connectivity index (χ4v) is 1.47. The lowest BCUT2D eigenvalue weighted by molar-refractivity contribution is -0.111. The van der Waals surface area contributed by atoms with Gasteiger partial charge < -0.3 is 5.32 Å². The second kappa shape index (κ2) is 5.67. The summed E-state index contributed by atoms with van der Waals surface area (Å²) < 4.78 is 0. The highest BCUT2D eigenvalue weighted by Gasteiger charge is 2.13. The van der Waals surface area contributed by atoms with E-state index in [9.17, 15) is 4.79 Å². The van der Waals surface area contributed by atoms with Crippen molar-refractivity contribution in [1.82, 2.24) is 0 Å². The molecule has 0 aliphatic heterocycles. The highest BCUT2D eigenvalue weighted by molar-refractivity contribution is 5.99. The number of carbonyl (C=O) groups is 1. The van der Waals surface area contributed by atoms with Gasteiger partial charge in [0.2, 0.25) is 5.91 Å². The molecule has 0 aliphatic rings. The Balaban J connectivity index is 2.79. The molecule has 0 radical (unpaired) electrons. The van der Waals surface area contributed by atoms with E-state index in [0.717, 1.165) is 12.1 Å². The number of rotatable bonds is 3. The molecule has 0 aromatic heterocycles. The Morgan fingerprint density at radius 1 is 1.35 bits per heavy atom. The minimum Gasteiger partial charge on any atom is -0.323 e. The Morgan fingerprint density at radius 2 is 2.06 bits per heavy atom. The third kappa shape index (κ3) is 4.43. The summed E-state index contributed by atoms with van der Waals surface area (Å²) in [5.74, 6) is -0.0714. The van der Waals surface area contributed by atoms with Crippen molar-refractivity contribution in [1.29, 1.82) is 0 Å². The summed E-state index contributed by atoms with van der Waals surface area (Å²) in [6.07, 6.45) is 4.29. The first-order chi connectivity index (χ1) is 7.93. The highest BCUT2D eigenvalue weighted by Crippen LogP contribution is 2.24. The average Bonchev–Trinajstić information content (AvgIpc) is 2.25.